The van der Waals surface area contributed by atoms with E-state index in [1.165, 1.54) is 16.4 Å². The van der Waals surface area contributed by atoms with Crippen LogP contribution in [0.2, 0.25) is 10.0 Å². The number of benzene rings is 4. The molecule has 3 atom stereocenters. The van der Waals surface area contributed by atoms with Gasteiger partial charge in [-0.1, -0.05) is 99.8 Å². The van der Waals surface area contributed by atoms with Gasteiger partial charge >= 0.3 is 5.97 Å². The molecule has 2 N–H and O–H groups in total. The van der Waals surface area contributed by atoms with Gasteiger partial charge in [0.25, 0.3) is 0 Å². The van der Waals surface area contributed by atoms with Crippen molar-refractivity contribution in [2.24, 2.45) is 0 Å². The van der Waals surface area contributed by atoms with E-state index in [9.17, 15) is 23.1 Å². The van der Waals surface area contributed by atoms with Crippen LogP contribution < -0.4 is 5.32 Å². The molecule has 2 unspecified atom stereocenters. The molecule has 44 heavy (non-hydrogen) atoms. The van der Waals surface area contributed by atoms with Crippen LogP contribution in [0.4, 0.5) is 0 Å². The Labute approximate surface area is 274 Å². The quantitative estimate of drug-likeness (QED) is 0.189. The van der Waals surface area contributed by atoms with Gasteiger partial charge in [0, 0.05) is 26.5 Å². The number of nitrogens with one attached hydrogen (secondary N) is 1. The molecule has 1 heterocycles. The van der Waals surface area contributed by atoms with E-state index in [2.05, 4.69) is 21.2 Å². The molecule has 5 rings (SSSR count). The second kappa shape index (κ2) is 13.7. The fourth-order valence-electron chi connectivity index (χ4n) is 5.31. The highest BCUT2D eigenvalue weighted by Crippen LogP contribution is 2.46. The number of carbonyl (C=O) groups is 2. The van der Waals surface area contributed by atoms with Crippen molar-refractivity contribution in [2.45, 2.75) is 35.9 Å². The number of rotatable bonds is 9. The number of hydrogen-bond donors (Lipinski definition) is 2. The molecule has 7 nitrogen and oxygen atoms in total. The Morgan fingerprint density at radius 3 is 2.11 bits per heavy atom. The minimum absolute atomic E-state index is 0.0221. The molecule has 1 aliphatic heterocycles. The summed E-state index contributed by atoms with van der Waals surface area (Å²) in [5.74, 6) is -1.91. The zero-order chi connectivity index (χ0) is 31.4. The summed E-state index contributed by atoms with van der Waals surface area (Å²) in [5, 5.41) is 13.4. The summed E-state index contributed by atoms with van der Waals surface area (Å²) in [4.78, 5) is 26.3. The van der Waals surface area contributed by atoms with Crippen LogP contribution in [0.1, 0.15) is 35.2 Å². The second-order valence-electron chi connectivity index (χ2n) is 10.3. The van der Waals surface area contributed by atoms with Gasteiger partial charge in [0.1, 0.15) is 6.04 Å². The van der Waals surface area contributed by atoms with Gasteiger partial charge in [0.15, 0.2) is 0 Å². The molecule has 0 aliphatic carbocycles. The summed E-state index contributed by atoms with van der Waals surface area (Å²) in [5.41, 5.74) is 1.89. The first-order valence-corrected chi connectivity index (χ1v) is 16.6. The van der Waals surface area contributed by atoms with Crippen molar-refractivity contribution in [3.8, 4) is 0 Å². The highest BCUT2D eigenvalue weighted by atomic mass is 79.9. The summed E-state index contributed by atoms with van der Waals surface area (Å²) in [7, 11) is -4.27. The topological polar surface area (TPSA) is 104 Å². The Bertz CT molecular complexity index is 1820. The summed E-state index contributed by atoms with van der Waals surface area (Å²) in [6, 6.07) is 25.6. The molecule has 0 saturated heterocycles. The van der Waals surface area contributed by atoms with Gasteiger partial charge in [-0.3, -0.25) is 4.79 Å². The summed E-state index contributed by atoms with van der Waals surface area (Å²) in [6.07, 6.45) is 1.84. The van der Waals surface area contributed by atoms with Crippen molar-refractivity contribution >= 4 is 61.0 Å². The Balaban J connectivity index is 1.65. The molecular formula is C33H27BrCl2N2O5S. The van der Waals surface area contributed by atoms with Crippen molar-refractivity contribution in [1.82, 2.24) is 9.62 Å². The van der Waals surface area contributed by atoms with Gasteiger partial charge in [-0.05, 0) is 71.6 Å². The SMILES string of the molecule is O=C(N[C@@H](Cc1ccccc1)C(=O)O)C1=CCC(c2cccc(Cl)c2)N(S(=O)(=O)c2ccc(Br)cc2)C1c1cccc(Cl)c1. The molecule has 0 fully saturated rings. The number of carboxylic acids is 1. The van der Waals surface area contributed by atoms with Gasteiger partial charge in [0.2, 0.25) is 15.9 Å². The molecule has 226 valence electrons. The number of carboxylic acid groups (broad SMARTS) is 1. The van der Waals surface area contributed by atoms with Crippen molar-refractivity contribution in [3.63, 3.8) is 0 Å². The van der Waals surface area contributed by atoms with Crippen molar-refractivity contribution in [2.75, 3.05) is 0 Å². The molecule has 1 amide bonds. The Kier molecular flexibility index (Phi) is 9.92. The third-order valence-corrected chi connectivity index (χ3v) is 10.2. The highest BCUT2D eigenvalue weighted by molar-refractivity contribution is 9.10. The van der Waals surface area contributed by atoms with E-state index in [0.717, 1.165) is 5.56 Å². The summed E-state index contributed by atoms with van der Waals surface area (Å²) in [6.45, 7) is 0. The molecule has 0 bridgehead atoms. The first-order valence-electron chi connectivity index (χ1n) is 13.6. The van der Waals surface area contributed by atoms with Crippen LogP contribution in [0.5, 0.6) is 0 Å². The molecular weight excluding hydrogens is 687 g/mol. The van der Waals surface area contributed by atoms with Crippen molar-refractivity contribution < 1.29 is 23.1 Å². The number of aliphatic carboxylic acids is 1. The maximum atomic E-state index is 14.6. The molecule has 1 aliphatic rings. The smallest absolute Gasteiger partial charge is 0.326 e. The minimum Gasteiger partial charge on any atom is -0.480 e. The normalized spacial score (nSPS) is 17.8. The lowest BCUT2D eigenvalue weighted by Crippen LogP contribution is -2.48. The zero-order valence-corrected chi connectivity index (χ0v) is 27.0. The van der Waals surface area contributed by atoms with Crippen molar-refractivity contribution in [1.29, 1.82) is 0 Å². The third kappa shape index (κ3) is 7.08. The number of carbonyl (C=O) groups excluding carboxylic acids is 1. The predicted octanol–water partition coefficient (Wildman–Crippen LogP) is 7.37. The average molecular weight is 714 g/mol. The number of halogens is 3. The average Bonchev–Trinajstić information content (AvgIpc) is 3.00. The van der Waals surface area contributed by atoms with Crippen LogP contribution in [-0.4, -0.2) is 35.7 Å². The van der Waals surface area contributed by atoms with E-state index < -0.39 is 40.0 Å². The monoisotopic (exact) mass is 712 g/mol. The Morgan fingerprint density at radius 1 is 0.886 bits per heavy atom. The van der Waals surface area contributed by atoms with E-state index in [4.69, 9.17) is 23.2 Å². The molecule has 0 radical (unpaired) electrons. The Hall–Kier alpha value is -3.47. The van der Waals surface area contributed by atoms with E-state index >= 15 is 0 Å². The van der Waals surface area contributed by atoms with Gasteiger partial charge in [-0.25, -0.2) is 13.2 Å². The van der Waals surface area contributed by atoms with E-state index in [-0.39, 0.29) is 23.3 Å². The lowest BCUT2D eigenvalue weighted by molar-refractivity contribution is -0.141. The first-order chi connectivity index (χ1) is 21.0. The zero-order valence-electron chi connectivity index (χ0n) is 23.1. The lowest BCUT2D eigenvalue weighted by atomic mass is 9.88. The maximum Gasteiger partial charge on any atom is 0.326 e. The van der Waals surface area contributed by atoms with Crippen LogP contribution in [0, 0.1) is 0 Å². The number of hydrogen-bond acceptors (Lipinski definition) is 4. The van der Waals surface area contributed by atoms with E-state index in [1.807, 2.05) is 6.07 Å². The second-order valence-corrected chi connectivity index (χ2v) is 13.9. The molecule has 4 aromatic rings. The van der Waals surface area contributed by atoms with Crippen LogP contribution in [0.3, 0.4) is 0 Å². The van der Waals surface area contributed by atoms with Crippen LogP contribution in [0.15, 0.2) is 124 Å². The third-order valence-electron chi connectivity index (χ3n) is 7.35. The van der Waals surface area contributed by atoms with Gasteiger partial charge in [0.05, 0.1) is 17.0 Å². The fraction of sp³-hybridized carbons (Fsp3) is 0.152. The number of sulfonamides is 1. The van der Waals surface area contributed by atoms with E-state index in [0.29, 0.717) is 25.6 Å². The number of amides is 1. The molecule has 0 spiro atoms. The molecule has 0 saturated carbocycles. The summed E-state index contributed by atoms with van der Waals surface area (Å²) < 4.78 is 31.1. The minimum atomic E-state index is -4.27. The largest absolute Gasteiger partial charge is 0.480 e. The highest BCUT2D eigenvalue weighted by Gasteiger charge is 2.45. The standard InChI is InChI=1S/C33H27BrCl2N2O5S/c34-24-12-14-27(15-13-24)44(42,43)38-30(22-8-4-10-25(35)19-22)17-16-28(31(38)23-9-5-11-26(36)20-23)32(39)37-29(33(40)41)18-21-6-2-1-3-7-21/h1-16,19-20,29-31H,17-18H2,(H,37,39)(H,40,41)/t29-,30?,31?/m0/s1. The summed E-state index contributed by atoms with van der Waals surface area (Å²) >= 11 is 16.1. The van der Waals surface area contributed by atoms with Crippen LogP contribution in [-0.2, 0) is 26.0 Å². The molecule has 4 aromatic carbocycles. The van der Waals surface area contributed by atoms with E-state index in [1.54, 1.807) is 91.0 Å². The number of nitrogens with zero attached hydrogens (tertiary/aromatic N) is 1. The molecule has 0 aromatic heterocycles. The maximum absolute atomic E-state index is 14.6. The van der Waals surface area contributed by atoms with Crippen molar-refractivity contribution in [3.05, 3.63) is 146 Å². The van der Waals surface area contributed by atoms with Gasteiger partial charge < -0.3 is 10.4 Å². The van der Waals surface area contributed by atoms with Gasteiger partial charge in [-0.2, -0.15) is 4.31 Å². The van der Waals surface area contributed by atoms with Crippen LogP contribution in [0.25, 0.3) is 0 Å². The Morgan fingerprint density at radius 2 is 1.50 bits per heavy atom. The lowest BCUT2D eigenvalue weighted by Gasteiger charge is -2.41. The van der Waals surface area contributed by atoms with Gasteiger partial charge in [-0.15, -0.1) is 0 Å². The first kappa shape index (κ1) is 31.9. The fourth-order valence-corrected chi connectivity index (χ4v) is 7.75. The van der Waals surface area contributed by atoms with Crippen LogP contribution >= 0.6 is 39.1 Å². The predicted molar refractivity (Wildman–Crippen MR) is 174 cm³/mol. The molecule has 11 heteroatoms.